The van der Waals surface area contributed by atoms with E-state index in [1.807, 2.05) is 0 Å². The molecular formula is C7H15N3O3. The number of carboxylic acids is 1. The van der Waals surface area contributed by atoms with Crippen molar-refractivity contribution in [3.63, 3.8) is 0 Å². The van der Waals surface area contributed by atoms with Crippen LogP contribution in [0.2, 0.25) is 0 Å². The first kappa shape index (κ1) is 11.7. The number of carboxylic acid groups (broad SMARTS) is 1. The highest BCUT2D eigenvalue weighted by atomic mass is 16.5. The van der Waals surface area contributed by atoms with Gasteiger partial charge in [-0.3, -0.25) is 10.2 Å². The van der Waals surface area contributed by atoms with Crippen molar-refractivity contribution in [3.05, 3.63) is 0 Å². The summed E-state index contributed by atoms with van der Waals surface area (Å²) in [5, 5.41) is 17.8. The Bertz CT molecular complexity index is 195. The molecule has 0 saturated carbocycles. The summed E-state index contributed by atoms with van der Waals surface area (Å²) in [5.41, 5.74) is 4.99. The van der Waals surface area contributed by atoms with Gasteiger partial charge in [0.1, 0.15) is 6.73 Å². The summed E-state index contributed by atoms with van der Waals surface area (Å²) >= 11 is 0. The maximum Gasteiger partial charge on any atom is 0.308 e. The standard InChI is InChI=1S/C7H15N3O3/c1-4(6(11)12)5(2)13-3-10-7(8)9/h4-5H,3H2,1-2H3,(H,11,12)(H4,8,9,10). The van der Waals surface area contributed by atoms with Crippen molar-refractivity contribution in [1.82, 2.24) is 5.32 Å². The van der Waals surface area contributed by atoms with Gasteiger partial charge in [-0.1, -0.05) is 0 Å². The first-order chi connectivity index (χ1) is 5.95. The number of hydrogen-bond acceptors (Lipinski definition) is 3. The van der Waals surface area contributed by atoms with Gasteiger partial charge in [-0.15, -0.1) is 0 Å². The molecule has 0 radical (unpaired) electrons. The van der Waals surface area contributed by atoms with Crippen molar-refractivity contribution in [1.29, 1.82) is 5.41 Å². The van der Waals surface area contributed by atoms with E-state index in [-0.39, 0.29) is 12.7 Å². The second kappa shape index (κ2) is 5.36. The fraction of sp³-hybridized carbons (Fsp3) is 0.714. The Labute approximate surface area is 76.6 Å². The SMILES string of the molecule is CC(OCNC(=N)N)C(C)C(=O)O. The molecule has 0 fully saturated rings. The number of hydrogen-bond donors (Lipinski definition) is 4. The van der Waals surface area contributed by atoms with E-state index in [1.165, 1.54) is 0 Å². The summed E-state index contributed by atoms with van der Waals surface area (Å²) in [6.07, 6.45) is -0.413. The second-order valence-electron chi connectivity index (χ2n) is 2.73. The Morgan fingerprint density at radius 2 is 2.23 bits per heavy atom. The topological polar surface area (TPSA) is 108 Å². The van der Waals surface area contributed by atoms with Gasteiger partial charge in [-0.25, -0.2) is 0 Å². The Kier molecular flexibility index (Phi) is 4.83. The van der Waals surface area contributed by atoms with Crippen LogP contribution in [-0.2, 0) is 9.53 Å². The van der Waals surface area contributed by atoms with E-state index in [9.17, 15) is 4.79 Å². The van der Waals surface area contributed by atoms with E-state index in [0.717, 1.165) is 0 Å². The average Bonchev–Trinajstić information content (AvgIpc) is 2.02. The first-order valence-electron chi connectivity index (χ1n) is 3.87. The van der Waals surface area contributed by atoms with Gasteiger partial charge in [0.25, 0.3) is 0 Å². The zero-order chi connectivity index (χ0) is 10.4. The van der Waals surface area contributed by atoms with E-state index in [0.29, 0.717) is 0 Å². The molecule has 0 aromatic heterocycles. The Balaban J connectivity index is 3.67. The molecule has 0 heterocycles. The number of aliphatic carboxylic acids is 1. The van der Waals surface area contributed by atoms with Crippen molar-refractivity contribution in [3.8, 4) is 0 Å². The molecule has 0 aliphatic carbocycles. The molecule has 0 aromatic carbocycles. The van der Waals surface area contributed by atoms with Crippen molar-refractivity contribution in [2.75, 3.05) is 6.73 Å². The van der Waals surface area contributed by atoms with Gasteiger partial charge in [-0.05, 0) is 13.8 Å². The number of carbonyl (C=O) groups is 1. The number of guanidine groups is 1. The molecule has 5 N–H and O–H groups in total. The van der Waals surface area contributed by atoms with Crippen LogP contribution in [-0.4, -0.2) is 29.9 Å². The van der Waals surface area contributed by atoms with Crippen LogP contribution in [0.1, 0.15) is 13.8 Å². The van der Waals surface area contributed by atoms with Crippen LogP contribution in [0.15, 0.2) is 0 Å². The lowest BCUT2D eigenvalue weighted by Crippen LogP contribution is -2.35. The first-order valence-corrected chi connectivity index (χ1v) is 3.87. The Morgan fingerprint density at radius 3 is 2.62 bits per heavy atom. The quantitative estimate of drug-likeness (QED) is 0.266. The third kappa shape index (κ3) is 5.02. The van der Waals surface area contributed by atoms with Gasteiger partial charge in [0.05, 0.1) is 12.0 Å². The number of ether oxygens (including phenoxy) is 1. The summed E-state index contributed by atoms with van der Waals surface area (Å²) in [6, 6.07) is 0. The van der Waals surface area contributed by atoms with Crippen molar-refractivity contribution >= 4 is 11.9 Å². The fourth-order valence-corrected chi connectivity index (χ4v) is 0.596. The molecular weight excluding hydrogens is 174 g/mol. The Hall–Kier alpha value is -1.30. The minimum atomic E-state index is -0.907. The number of nitrogens with two attached hydrogens (primary N) is 1. The van der Waals surface area contributed by atoms with E-state index in [1.54, 1.807) is 13.8 Å². The van der Waals surface area contributed by atoms with Crippen LogP contribution >= 0.6 is 0 Å². The van der Waals surface area contributed by atoms with Gasteiger partial charge in [0.2, 0.25) is 0 Å². The lowest BCUT2D eigenvalue weighted by atomic mass is 10.1. The summed E-state index contributed by atoms with van der Waals surface area (Å²) in [4.78, 5) is 10.5. The normalized spacial score (nSPS) is 14.6. The van der Waals surface area contributed by atoms with Gasteiger partial charge in [0.15, 0.2) is 5.96 Å². The van der Waals surface area contributed by atoms with Crippen LogP contribution < -0.4 is 11.1 Å². The molecule has 0 aromatic rings. The minimum Gasteiger partial charge on any atom is -0.481 e. The zero-order valence-corrected chi connectivity index (χ0v) is 7.70. The van der Waals surface area contributed by atoms with Crippen LogP contribution in [0.3, 0.4) is 0 Å². The van der Waals surface area contributed by atoms with E-state index in [2.05, 4.69) is 5.32 Å². The van der Waals surface area contributed by atoms with Crippen molar-refractivity contribution in [2.24, 2.45) is 11.7 Å². The number of rotatable bonds is 5. The summed E-state index contributed by atoms with van der Waals surface area (Å²) in [7, 11) is 0. The maximum atomic E-state index is 10.5. The summed E-state index contributed by atoms with van der Waals surface area (Å²) in [5.74, 6) is -1.68. The molecule has 13 heavy (non-hydrogen) atoms. The molecule has 2 atom stereocenters. The van der Waals surface area contributed by atoms with E-state index < -0.39 is 18.0 Å². The summed E-state index contributed by atoms with van der Waals surface area (Å²) in [6.45, 7) is 3.26. The molecule has 6 nitrogen and oxygen atoms in total. The highest BCUT2D eigenvalue weighted by Crippen LogP contribution is 2.05. The second-order valence-corrected chi connectivity index (χ2v) is 2.73. The van der Waals surface area contributed by atoms with Gasteiger partial charge >= 0.3 is 5.97 Å². The fourth-order valence-electron chi connectivity index (χ4n) is 0.596. The van der Waals surface area contributed by atoms with Crippen molar-refractivity contribution in [2.45, 2.75) is 20.0 Å². The summed E-state index contributed by atoms with van der Waals surface area (Å²) < 4.78 is 5.06. The van der Waals surface area contributed by atoms with E-state index >= 15 is 0 Å². The zero-order valence-electron chi connectivity index (χ0n) is 7.70. The third-order valence-corrected chi connectivity index (χ3v) is 1.70. The van der Waals surface area contributed by atoms with Crippen LogP contribution in [0.5, 0.6) is 0 Å². The van der Waals surface area contributed by atoms with Crippen LogP contribution in [0.4, 0.5) is 0 Å². The van der Waals surface area contributed by atoms with Crippen LogP contribution in [0.25, 0.3) is 0 Å². The van der Waals surface area contributed by atoms with E-state index in [4.69, 9.17) is 21.0 Å². The molecule has 0 amide bonds. The van der Waals surface area contributed by atoms with Gasteiger partial charge in [0, 0.05) is 0 Å². The predicted octanol–water partition coefficient (Wildman–Crippen LogP) is -0.447. The molecule has 0 rings (SSSR count). The minimum absolute atomic E-state index is 0.0497. The highest BCUT2D eigenvalue weighted by molar-refractivity contribution is 5.74. The van der Waals surface area contributed by atoms with Gasteiger partial charge in [-0.2, -0.15) is 0 Å². The molecule has 2 unspecified atom stereocenters. The highest BCUT2D eigenvalue weighted by Gasteiger charge is 2.19. The maximum absolute atomic E-state index is 10.5. The molecule has 0 aliphatic rings. The molecule has 0 aliphatic heterocycles. The largest absolute Gasteiger partial charge is 0.481 e. The lowest BCUT2D eigenvalue weighted by Gasteiger charge is -2.16. The number of nitrogens with one attached hydrogen (secondary N) is 2. The predicted molar refractivity (Wildman–Crippen MR) is 47.3 cm³/mol. The monoisotopic (exact) mass is 189 g/mol. The lowest BCUT2D eigenvalue weighted by molar-refractivity contribution is -0.146. The van der Waals surface area contributed by atoms with Gasteiger partial charge < -0.3 is 20.9 Å². The van der Waals surface area contributed by atoms with Crippen molar-refractivity contribution < 1.29 is 14.6 Å². The van der Waals surface area contributed by atoms with Crippen LogP contribution in [0, 0.1) is 11.3 Å². The molecule has 76 valence electrons. The molecule has 0 saturated heterocycles. The Morgan fingerprint density at radius 1 is 1.69 bits per heavy atom. The smallest absolute Gasteiger partial charge is 0.308 e. The third-order valence-electron chi connectivity index (χ3n) is 1.70. The molecule has 6 heteroatoms. The molecule has 0 spiro atoms. The molecule has 0 bridgehead atoms. The average molecular weight is 189 g/mol.